The van der Waals surface area contributed by atoms with E-state index >= 15 is 0 Å². The van der Waals surface area contributed by atoms with Gasteiger partial charge < -0.3 is 19.9 Å². The van der Waals surface area contributed by atoms with Gasteiger partial charge in [0, 0.05) is 25.7 Å². The average Bonchev–Trinajstić information content (AvgIpc) is 2.69. The predicted molar refractivity (Wildman–Crippen MR) is 54.2 cm³/mol. The molecule has 1 rings (SSSR count). The van der Waals surface area contributed by atoms with Gasteiger partial charge in [-0.15, -0.1) is 0 Å². The van der Waals surface area contributed by atoms with Gasteiger partial charge in [0.25, 0.3) is 0 Å². The molecular weight excluding hydrogens is 182 g/mol. The summed E-state index contributed by atoms with van der Waals surface area (Å²) >= 11 is 0. The van der Waals surface area contributed by atoms with E-state index in [1.54, 1.807) is 0 Å². The van der Waals surface area contributed by atoms with Crippen molar-refractivity contribution in [3.8, 4) is 0 Å². The molecule has 2 N–H and O–H groups in total. The molecule has 0 aromatic heterocycles. The van der Waals surface area contributed by atoms with Crippen LogP contribution in [0.2, 0.25) is 0 Å². The molecule has 0 bridgehead atoms. The van der Waals surface area contributed by atoms with E-state index in [4.69, 9.17) is 19.9 Å². The van der Waals surface area contributed by atoms with Gasteiger partial charge in [0.2, 0.25) is 0 Å². The second-order valence-electron chi connectivity index (χ2n) is 3.58. The van der Waals surface area contributed by atoms with Crippen LogP contribution in [0.1, 0.15) is 13.3 Å². The van der Waals surface area contributed by atoms with Gasteiger partial charge in [-0.25, -0.2) is 0 Å². The van der Waals surface area contributed by atoms with Crippen molar-refractivity contribution in [2.75, 3.05) is 39.6 Å². The molecule has 0 saturated carbocycles. The fourth-order valence-corrected chi connectivity index (χ4v) is 1.50. The minimum absolute atomic E-state index is 0.0438. The molecule has 1 saturated heterocycles. The summed E-state index contributed by atoms with van der Waals surface area (Å²) in [7, 11) is 0. The summed E-state index contributed by atoms with van der Waals surface area (Å²) in [6, 6.07) is 0. The minimum atomic E-state index is 0.0438. The largest absolute Gasteiger partial charge is 0.381 e. The topological polar surface area (TPSA) is 53.7 Å². The van der Waals surface area contributed by atoms with Crippen molar-refractivity contribution in [3.05, 3.63) is 0 Å². The predicted octanol–water partition coefficient (Wildman–Crippen LogP) is 0.403. The van der Waals surface area contributed by atoms with Crippen molar-refractivity contribution in [1.82, 2.24) is 0 Å². The quantitative estimate of drug-likeness (QED) is 0.651. The first kappa shape index (κ1) is 11.9. The van der Waals surface area contributed by atoms with E-state index in [9.17, 15) is 0 Å². The van der Waals surface area contributed by atoms with Crippen LogP contribution >= 0.6 is 0 Å². The van der Waals surface area contributed by atoms with E-state index in [0.29, 0.717) is 25.7 Å². The van der Waals surface area contributed by atoms with E-state index in [1.165, 1.54) is 0 Å². The third kappa shape index (κ3) is 4.37. The van der Waals surface area contributed by atoms with Crippen molar-refractivity contribution in [1.29, 1.82) is 0 Å². The van der Waals surface area contributed by atoms with Gasteiger partial charge in [0.05, 0.1) is 25.9 Å². The maximum atomic E-state index is 5.54. The zero-order valence-corrected chi connectivity index (χ0v) is 8.91. The maximum absolute atomic E-state index is 5.54. The molecule has 0 aromatic carbocycles. The van der Waals surface area contributed by atoms with Gasteiger partial charge in [0.15, 0.2) is 0 Å². The molecular formula is C10H21NO3. The molecule has 0 aliphatic carbocycles. The lowest BCUT2D eigenvalue weighted by atomic mass is 10.1. The van der Waals surface area contributed by atoms with Crippen molar-refractivity contribution >= 4 is 0 Å². The van der Waals surface area contributed by atoms with Gasteiger partial charge in [-0.3, -0.25) is 0 Å². The second kappa shape index (κ2) is 7.17. The molecule has 0 radical (unpaired) electrons. The number of rotatable bonds is 7. The standard InChI is InChI=1S/C10H21NO3/c1-2-14-10(5-11)8-13-7-9-3-4-12-6-9/h9-10H,2-8,11H2,1H3. The molecule has 14 heavy (non-hydrogen) atoms. The SMILES string of the molecule is CCOC(CN)COCC1CCOC1. The van der Waals surface area contributed by atoms with Crippen molar-refractivity contribution in [3.63, 3.8) is 0 Å². The lowest BCUT2D eigenvalue weighted by Crippen LogP contribution is -2.29. The van der Waals surface area contributed by atoms with Crippen LogP contribution in [0.5, 0.6) is 0 Å². The van der Waals surface area contributed by atoms with E-state index in [0.717, 1.165) is 26.2 Å². The van der Waals surface area contributed by atoms with Gasteiger partial charge >= 0.3 is 0 Å². The number of nitrogens with two attached hydrogens (primary N) is 1. The lowest BCUT2D eigenvalue weighted by Gasteiger charge is -2.16. The fraction of sp³-hybridized carbons (Fsp3) is 1.00. The summed E-state index contributed by atoms with van der Waals surface area (Å²) in [4.78, 5) is 0. The van der Waals surface area contributed by atoms with E-state index in [-0.39, 0.29) is 6.10 Å². The Hall–Kier alpha value is -0.160. The Morgan fingerprint density at radius 1 is 1.57 bits per heavy atom. The Balaban J connectivity index is 2.00. The van der Waals surface area contributed by atoms with Gasteiger partial charge in [-0.1, -0.05) is 0 Å². The average molecular weight is 203 g/mol. The van der Waals surface area contributed by atoms with Crippen LogP contribution in [0.4, 0.5) is 0 Å². The van der Waals surface area contributed by atoms with Crippen molar-refractivity contribution < 1.29 is 14.2 Å². The summed E-state index contributed by atoms with van der Waals surface area (Å²) in [6.45, 7) is 6.26. The van der Waals surface area contributed by atoms with Crippen molar-refractivity contribution in [2.24, 2.45) is 11.7 Å². The first-order chi connectivity index (χ1) is 6.86. The molecule has 0 aromatic rings. The molecule has 4 nitrogen and oxygen atoms in total. The minimum Gasteiger partial charge on any atom is -0.381 e. The first-order valence-electron chi connectivity index (χ1n) is 5.34. The second-order valence-corrected chi connectivity index (χ2v) is 3.58. The smallest absolute Gasteiger partial charge is 0.0930 e. The highest BCUT2D eigenvalue weighted by molar-refractivity contribution is 4.64. The summed E-state index contributed by atoms with van der Waals surface area (Å²) in [5, 5.41) is 0. The Labute approximate surface area is 85.7 Å². The molecule has 1 heterocycles. The summed E-state index contributed by atoms with van der Waals surface area (Å²) in [5.41, 5.74) is 5.52. The molecule has 1 aliphatic heterocycles. The fourth-order valence-electron chi connectivity index (χ4n) is 1.50. The molecule has 4 heteroatoms. The Morgan fingerprint density at radius 2 is 2.43 bits per heavy atom. The monoisotopic (exact) mass is 203 g/mol. The zero-order chi connectivity index (χ0) is 10.2. The van der Waals surface area contributed by atoms with Crippen LogP contribution in [0.25, 0.3) is 0 Å². The number of ether oxygens (including phenoxy) is 3. The van der Waals surface area contributed by atoms with Crippen LogP contribution in [-0.4, -0.2) is 45.7 Å². The molecule has 0 amide bonds. The van der Waals surface area contributed by atoms with E-state index in [1.807, 2.05) is 6.92 Å². The third-order valence-electron chi connectivity index (χ3n) is 2.35. The summed E-state index contributed by atoms with van der Waals surface area (Å²) in [5.74, 6) is 0.565. The van der Waals surface area contributed by atoms with Gasteiger partial charge in [-0.05, 0) is 13.3 Å². The van der Waals surface area contributed by atoms with Crippen LogP contribution in [0.15, 0.2) is 0 Å². The van der Waals surface area contributed by atoms with Gasteiger partial charge in [-0.2, -0.15) is 0 Å². The number of hydrogen-bond donors (Lipinski definition) is 1. The van der Waals surface area contributed by atoms with Crippen LogP contribution in [0, 0.1) is 5.92 Å². The van der Waals surface area contributed by atoms with Gasteiger partial charge in [0.1, 0.15) is 0 Å². The Bertz CT molecular complexity index is 137. The van der Waals surface area contributed by atoms with Crippen LogP contribution < -0.4 is 5.73 Å². The molecule has 84 valence electrons. The maximum Gasteiger partial charge on any atom is 0.0930 e. The lowest BCUT2D eigenvalue weighted by molar-refractivity contribution is -0.0163. The summed E-state index contributed by atoms with van der Waals surface area (Å²) in [6.07, 6.45) is 1.16. The highest BCUT2D eigenvalue weighted by Gasteiger charge is 2.16. The number of hydrogen-bond acceptors (Lipinski definition) is 4. The Morgan fingerprint density at radius 3 is 3.00 bits per heavy atom. The molecule has 1 fully saturated rings. The molecule has 2 atom stereocenters. The van der Waals surface area contributed by atoms with Crippen molar-refractivity contribution in [2.45, 2.75) is 19.4 Å². The molecule has 0 spiro atoms. The third-order valence-corrected chi connectivity index (χ3v) is 2.35. The molecule has 1 aliphatic rings. The van der Waals surface area contributed by atoms with E-state index < -0.39 is 0 Å². The van der Waals surface area contributed by atoms with Crippen LogP contribution in [-0.2, 0) is 14.2 Å². The zero-order valence-electron chi connectivity index (χ0n) is 8.91. The summed E-state index contributed by atoms with van der Waals surface area (Å²) < 4.78 is 16.2. The first-order valence-corrected chi connectivity index (χ1v) is 5.34. The van der Waals surface area contributed by atoms with E-state index in [2.05, 4.69) is 0 Å². The molecule has 2 unspecified atom stereocenters. The Kier molecular flexibility index (Phi) is 6.10. The highest BCUT2D eigenvalue weighted by atomic mass is 16.5. The normalized spacial score (nSPS) is 24.0. The highest BCUT2D eigenvalue weighted by Crippen LogP contribution is 2.12. The van der Waals surface area contributed by atoms with Crippen LogP contribution in [0.3, 0.4) is 0 Å².